The van der Waals surface area contributed by atoms with Crippen molar-refractivity contribution in [3.05, 3.63) is 35.4 Å². The van der Waals surface area contributed by atoms with Crippen LogP contribution >= 0.6 is 0 Å². The van der Waals surface area contributed by atoms with Gasteiger partial charge in [-0.3, -0.25) is 4.79 Å². The van der Waals surface area contributed by atoms with E-state index in [9.17, 15) is 4.79 Å². The SMILES string of the molecule is CC(C)OCc1ccc(C(=O)NC[C@@H](C)O)cc1. The Morgan fingerprint density at radius 2 is 1.89 bits per heavy atom. The molecule has 0 aromatic heterocycles. The zero-order chi connectivity index (χ0) is 13.5. The molecule has 0 heterocycles. The molecule has 0 aliphatic heterocycles. The second-order valence-corrected chi connectivity index (χ2v) is 4.62. The van der Waals surface area contributed by atoms with Crippen LogP contribution in [-0.2, 0) is 11.3 Å². The van der Waals surface area contributed by atoms with Crippen molar-refractivity contribution in [3.8, 4) is 0 Å². The first-order valence-corrected chi connectivity index (χ1v) is 6.16. The number of aliphatic hydroxyl groups is 1. The second kappa shape index (κ2) is 7.13. The quantitative estimate of drug-likeness (QED) is 0.809. The highest BCUT2D eigenvalue weighted by atomic mass is 16.5. The molecule has 18 heavy (non-hydrogen) atoms. The van der Waals surface area contributed by atoms with Crippen LogP contribution in [0.15, 0.2) is 24.3 Å². The number of nitrogens with one attached hydrogen (secondary N) is 1. The maximum absolute atomic E-state index is 11.7. The van der Waals surface area contributed by atoms with Crippen LogP contribution in [0.4, 0.5) is 0 Å². The molecule has 0 aliphatic carbocycles. The molecule has 1 aromatic rings. The van der Waals surface area contributed by atoms with E-state index in [-0.39, 0.29) is 18.6 Å². The third-order valence-corrected chi connectivity index (χ3v) is 2.36. The van der Waals surface area contributed by atoms with E-state index in [4.69, 9.17) is 9.84 Å². The molecule has 1 rings (SSSR count). The zero-order valence-corrected chi connectivity index (χ0v) is 11.1. The number of hydrogen-bond acceptors (Lipinski definition) is 3. The fourth-order valence-electron chi connectivity index (χ4n) is 1.36. The van der Waals surface area contributed by atoms with E-state index in [1.165, 1.54) is 0 Å². The lowest BCUT2D eigenvalue weighted by molar-refractivity contribution is 0.0656. The van der Waals surface area contributed by atoms with Gasteiger partial charge in [-0.05, 0) is 38.5 Å². The van der Waals surface area contributed by atoms with Gasteiger partial charge in [0.2, 0.25) is 0 Å². The Morgan fingerprint density at radius 3 is 2.39 bits per heavy atom. The fraction of sp³-hybridized carbons (Fsp3) is 0.500. The number of carbonyl (C=O) groups is 1. The molecule has 4 heteroatoms. The number of aliphatic hydroxyl groups excluding tert-OH is 1. The molecule has 0 unspecified atom stereocenters. The van der Waals surface area contributed by atoms with Gasteiger partial charge in [0.15, 0.2) is 0 Å². The molecule has 1 amide bonds. The van der Waals surface area contributed by atoms with Gasteiger partial charge in [-0.1, -0.05) is 12.1 Å². The Morgan fingerprint density at radius 1 is 1.28 bits per heavy atom. The molecule has 1 atom stereocenters. The molecule has 0 bridgehead atoms. The van der Waals surface area contributed by atoms with Crippen LogP contribution in [-0.4, -0.2) is 29.8 Å². The molecule has 4 nitrogen and oxygen atoms in total. The van der Waals surface area contributed by atoms with Crippen LogP contribution in [0.5, 0.6) is 0 Å². The summed E-state index contributed by atoms with van der Waals surface area (Å²) in [6.07, 6.45) is -0.341. The third kappa shape index (κ3) is 5.29. The van der Waals surface area contributed by atoms with E-state index in [0.717, 1.165) is 5.56 Å². The van der Waals surface area contributed by atoms with Gasteiger partial charge in [0.1, 0.15) is 0 Å². The maximum Gasteiger partial charge on any atom is 0.251 e. The van der Waals surface area contributed by atoms with E-state index in [2.05, 4.69) is 5.32 Å². The van der Waals surface area contributed by atoms with Crippen LogP contribution in [0.3, 0.4) is 0 Å². The lowest BCUT2D eigenvalue weighted by atomic mass is 10.1. The van der Waals surface area contributed by atoms with Crippen LogP contribution in [0.25, 0.3) is 0 Å². The van der Waals surface area contributed by atoms with Crippen molar-refractivity contribution >= 4 is 5.91 Å². The summed E-state index contributed by atoms with van der Waals surface area (Å²) >= 11 is 0. The van der Waals surface area contributed by atoms with Crippen molar-refractivity contribution in [3.63, 3.8) is 0 Å². The fourth-order valence-corrected chi connectivity index (χ4v) is 1.36. The largest absolute Gasteiger partial charge is 0.392 e. The van der Waals surface area contributed by atoms with Crippen LogP contribution < -0.4 is 5.32 Å². The number of ether oxygens (including phenoxy) is 1. The average Bonchev–Trinajstić information content (AvgIpc) is 2.34. The summed E-state index contributed by atoms with van der Waals surface area (Å²) in [4.78, 5) is 11.7. The minimum Gasteiger partial charge on any atom is -0.392 e. The van der Waals surface area contributed by atoms with E-state index < -0.39 is 6.10 Å². The zero-order valence-electron chi connectivity index (χ0n) is 11.1. The van der Waals surface area contributed by atoms with Crippen LogP contribution in [0.1, 0.15) is 36.7 Å². The Balaban J connectivity index is 2.51. The molecule has 2 N–H and O–H groups in total. The highest BCUT2D eigenvalue weighted by molar-refractivity contribution is 5.94. The smallest absolute Gasteiger partial charge is 0.251 e. The highest BCUT2D eigenvalue weighted by Gasteiger charge is 2.06. The van der Waals surface area contributed by atoms with E-state index in [1.54, 1.807) is 19.1 Å². The van der Waals surface area contributed by atoms with Crippen molar-refractivity contribution in [2.75, 3.05) is 6.54 Å². The first kappa shape index (κ1) is 14.7. The van der Waals surface area contributed by atoms with Crippen LogP contribution in [0.2, 0.25) is 0 Å². The van der Waals surface area contributed by atoms with E-state index >= 15 is 0 Å². The summed E-state index contributed by atoms with van der Waals surface area (Å²) in [6, 6.07) is 7.27. The molecular formula is C14H21NO3. The van der Waals surface area contributed by atoms with Gasteiger partial charge < -0.3 is 15.2 Å². The van der Waals surface area contributed by atoms with Crippen molar-refractivity contribution in [2.24, 2.45) is 0 Å². The number of amides is 1. The second-order valence-electron chi connectivity index (χ2n) is 4.62. The number of benzene rings is 1. The summed E-state index contributed by atoms with van der Waals surface area (Å²) in [5.41, 5.74) is 1.62. The summed E-state index contributed by atoms with van der Waals surface area (Å²) in [6.45, 7) is 6.41. The lowest BCUT2D eigenvalue weighted by Crippen LogP contribution is -2.30. The Bertz CT molecular complexity index is 371. The van der Waals surface area contributed by atoms with Gasteiger partial charge in [0.25, 0.3) is 5.91 Å². The predicted octanol–water partition coefficient (Wildman–Crippen LogP) is 1.72. The van der Waals surface area contributed by atoms with Crippen molar-refractivity contribution < 1.29 is 14.6 Å². The van der Waals surface area contributed by atoms with Crippen LogP contribution in [0, 0.1) is 0 Å². The summed E-state index contributed by atoms with van der Waals surface area (Å²) in [5.74, 6) is -0.174. The van der Waals surface area contributed by atoms with Gasteiger partial charge in [0, 0.05) is 12.1 Å². The first-order chi connectivity index (χ1) is 8.49. The van der Waals surface area contributed by atoms with Gasteiger partial charge >= 0.3 is 0 Å². The minimum atomic E-state index is -0.535. The molecule has 0 aliphatic rings. The number of carbonyl (C=O) groups excluding carboxylic acids is 1. The molecule has 0 radical (unpaired) electrons. The standard InChI is InChI=1S/C14H21NO3/c1-10(2)18-9-12-4-6-13(7-5-12)14(17)15-8-11(3)16/h4-7,10-11,16H,8-9H2,1-3H3,(H,15,17)/t11-/m1/s1. The van der Waals surface area contributed by atoms with Gasteiger partial charge in [0.05, 0.1) is 18.8 Å². The first-order valence-electron chi connectivity index (χ1n) is 6.16. The molecule has 0 fully saturated rings. The topological polar surface area (TPSA) is 58.6 Å². The van der Waals surface area contributed by atoms with Crippen molar-refractivity contribution in [1.82, 2.24) is 5.32 Å². The molecule has 0 spiro atoms. The molecule has 1 aromatic carbocycles. The van der Waals surface area contributed by atoms with E-state index in [1.807, 2.05) is 26.0 Å². The Kier molecular flexibility index (Phi) is 5.82. The Labute approximate surface area is 108 Å². The number of hydrogen-bond donors (Lipinski definition) is 2. The molecule has 0 saturated heterocycles. The summed E-state index contributed by atoms with van der Waals surface area (Å²) in [7, 11) is 0. The van der Waals surface area contributed by atoms with Crippen molar-refractivity contribution in [1.29, 1.82) is 0 Å². The predicted molar refractivity (Wildman–Crippen MR) is 70.4 cm³/mol. The monoisotopic (exact) mass is 251 g/mol. The van der Waals surface area contributed by atoms with Gasteiger partial charge in [-0.25, -0.2) is 0 Å². The van der Waals surface area contributed by atoms with E-state index in [0.29, 0.717) is 12.2 Å². The average molecular weight is 251 g/mol. The normalized spacial score (nSPS) is 12.5. The Hall–Kier alpha value is -1.39. The summed E-state index contributed by atoms with van der Waals surface area (Å²) < 4.78 is 5.47. The van der Waals surface area contributed by atoms with Gasteiger partial charge in [-0.2, -0.15) is 0 Å². The third-order valence-electron chi connectivity index (χ3n) is 2.36. The molecule has 0 saturated carbocycles. The molecule has 100 valence electrons. The van der Waals surface area contributed by atoms with Gasteiger partial charge in [-0.15, -0.1) is 0 Å². The lowest BCUT2D eigenvalue weighted by Gasteiger charge is -2.09. The number of rotatable bonds is 6. The van der Waals surface area contributed by atoms with Crippen molar-refractivity contribution in [2.45, 2.75) is 39.6 Å². The maximum atomic E-state index is 11.7. The summed E-state index contributed by atoms with van der Waals surface area (Å²) in [5, 5.41) is 11.7. The minimum absolute atomic E-state index is 0.174. The highest BCUT2D eigenvalue weighted by Crippen LogP contribution is 2.07. The molecular weight excluding hydrogens is 230 g/mol.